The SMILES string of the molecule is CN1CCC(CNc2ncccc2C(=O)N2CCCC2)(c2ccccc2)CC1. The summed E-state index contributed by atoms with van der Waals surface area (Å²) in [5.41, 5.74) is 2.14. The highest BCUT2D eigenvalue weighted by molar-refractivity contribution is 5.98. The molecule has 2 aliphatic rings. The summed E-state index contributed by atoms with van der Waals surface area (Å²) in [4.78, 5) is 21.8. The van der Waals surface area contributed by atoms with Crippen LogP contribution in [-0.4, -0.2) is 60.5 Å². The average Bonchev–Trinajstić information content (AvgIpc) is 3.29. The molecule has 5 heteroatoms. The van der Waals surface area contributed by atoms with Gasteiger partial charge in [-0.25, -0.2) is 4.98 Å². The molecule has 2 fully saturated rings. The molecule has 0 spiro atoms. The summed E-state index contributed by atoms with van der Waals surface area (Å²) in [7, 11) is 2.19. The van der Waals surface area contributed by atoms with Crippen molar-refractivity contribution in [2.24, 2.45) is 0 Å². The number of pyridine rings is 1. The van der Waals surface area contributed by atoms with Crippen molar-refractivity contribution in [1.82, 2.24) is 14.8 Å². The van der Waals surface area contributed by atoms with Crippen LogP contribution in [0.1, 0.15) is 41.6 Å². The third kappa shape index (κ3) is 3.90. The lowest BCUT2D eigenvalue weighted by atomic mass is 9.72. The first-order valence-electron chi connectivity index (χ1n) is 10.4. The standard InChI is InChI=1S/C23H30N4O/c1-26-16-11-23(12-17-26,19-8-3-2-4-9-19)18-25-21-20(10-7-13-24-21)22(28)27-14-5-6-15-27/h2-4,7-10,13H,5-6,11-12,14-18H2,1H3,(H,24,25). The molecule has 0 atom stereocenters. The van der Waals surface area contributed by atoms with Crippen LogP contribution < -0.4 is 5.32 Å². The molecule has 2 aromatic rings. The number of hydrogen-bond acceptors (Lipinski definition) is 4. The molecule has 2 saturated heterocycles. The van der Waals surface area contributed by atoms with Crippen molar-refractivity contribution in [3.8, 4) is 0 Å². The number of carbonyl (C=O) groups excluding carboxylic acids is 1. The van der Waals surface area contributed by atoms with E-state index < -0.39 is 0 Å². The maximum absolute atomic E-state index is 13.0. The lowest BCUT2D eigenvalue weighted by Crippen LogP contribution is -2.45. The third-order valence-corrected chi connectivity index (χ3v) is 6.36. The maximum atomic E-state index is 13.0. The van der Waals surface area contributed by atoms with E-state index in [-0.39, 0.29) is 11.3 Å². The summed E-state index contributed by atoms with van der Waals surface area (Å²) in [6, 6.07) is 14.6. The molecule has 1 aromatic carbocycles. The fourth-order valence-corrected chi connectivity index (χ4v) is 4.47. The molecule has 3 heterocycles. The van der Waals surface area contributed by atoms with Gasteiger partial charge in [0.1, 0.15) is 5.82 Å². The van der Waals surface area contributed by atoms with Crippen LogP contribution in [0.25, 0.3) is 0 Å². The molecular formula is C23H30N4O. The topological polar surface area (TPSA) is 48.5 Å². The van der Waals surface area contributed by atoms with Crippen molar-refractivity contribution >= 4 is 11.7 Å². The second-order valence-electron chi connectivity index (χ2n) is 8.20. The van der Waals surface area contributed by atoms with Crippen LogP contribution in [0.3, 0.4) is 0 Å². The van der Waals surface area contributed by atoms with Crippen LogP contribution in [0.15, 0.2) is 48.7 Å². The van der Waals surface area contributed by atoms with Gasteiger partial charge < -0.3 is 15.1 Å². The highest BCUT2D eigenvalue weighted by atomic mass is 16.2. The molecule has 1 aromatic heterocycles. The van der Waals surface area contributed by atoms with E-state index in [1.54, 1.807) is 6.20 Å². The van der Waals surface area contributed by atoms with Gasteiger partial charge in [0, 0.05) is 31.2 Å². The summed E-state index contributed by atoms with van der Waals surface area (Å²) in [6.07, 6.45) is 6.16. The van der Waals surface area contributed by atoms with E-state index >= 15 is 0 Å². The Labute approximate surface area is 167 Å². The fraction of sp³-hybridized carbons (Fsp3) is 0.478. The lowest BCUT2D eigenvalue weighted by Gasteiger charge is -2.41. The second kappa shape index (κ2) is 8.31. The van der Waals surface area contributed by atoms with Gasteiger partial charge in [0.15, 0.2) is 0 Å². The van der Waals surface area contributed by atoms with Gasteiger partial charge in [-0.05, 0) is 63.5 Å². The Balaban J connectivity index is 1.56. The van der Waals surface area contributed by atoms with E-state index in [0.29, 0.717) is 11.4 Å². The Morgan fingerprint density at radius 3 is 2.46 bits per heavy atom. The molecule has 4 rings (SSSR count). The first kappa shape index (κ1) is 18.9. The summed E-state index contributed by atoms with van der Waals surface area (Å²) < 4.78 is 0. The summed E-state index contributed by atoms with van der Waals surface area (Å²) in [5.74, 6) is 0.818. The summed E-state index contributed by atoms with van der Waals surface area (Å²) in [6.45, 7) is 4.67. The number of nitrogens with zero attached hydrogens (tertiary/aromatic N) is 3. The number of hydrogen-bond donors (Lipinski definition) is 1. The van der Waals surface area contributed by atoms with Crippen LogP contribution >= 0.6 is 0 Å². The number of aromatic nitrogens is 1. The molecule has 148 valence electrons. The molecule has 1 amide bonds. The Bertz CT molecular complexity index is 793. The molecule has 0 unspecified atom stereocenters. The molecule has 1 N–H and O–H groups in total. The average molecular weight is 379 g/mol. The van der Waals surface area contributed by atoms with Gasteiger partial charge in [-0.3, -0.25) is 4.79 Å². The highest BCUT2D eigenvalue weighted by Gasteiger charge is 2.35. The first-order valence-corrected chi connectivity index (χ1v) is 10.4. The minimum atomic E-state index is 0.0687. The van der Waals surface area contributed by atoms with Crippen molar-refractivity contribution in [3.63, 3.8) is 0 Å². The van der Waals surface area contributed by atoms with Gasteiger partial charge in [0.25, 0.3) is 5.91 Å². The van der Waals surface area contributed by atoms with Gasteiger partial charge in [-0.2, -0.15) is 0 Å². The molecule has 2 aliphatic heterocycles. The molecule has 0 saturated carbocycles. The van der Waals surface area contributed by atoms with Crippen LogP contribution in [0, 0.1) is 0 Å². The molecule has 5 nitrogen and oxygen atoms in total. The number of benzene rings is 1. The van der Waals surface area contributed by atoms with Gasteiger partial charge in [-0.15, -0.1) is 0 Å². The van der Waals surface area contributed by atoms with Crippen molar-refractivity contribution in [1.29, 1.82) is 0 Å². The van der Waals surface area contributed by atoms with E-state index in [1.807, 2.05) is 17.0 Å². The largest absolute Gasteiger partial charge is 0.369 e. The van der Waals surface area contributed by atoms with E-state index in [4.69, 9.17) is 0 Å². The van der Waals surface area contributed by atoms with Gasteiger partial charge >= 0.3 is 0 Å². The molecule has 0 aliphatic carbocycles. The number of piperidine rings is 1. The number of nitrogens with one attached hydrogen (secondary N) is 1. The zero-order chi connectivity index (χ0) is 19.4. The maximum Gasteiger partial charge on any atom is 0.257 e. The van der Waals surface area contributed by atoms with Gasteiger partial charge in [-0.1, -0.05) is 30.3 Å². The predicted octanol–water partition coefficient (Wildman–Crippen LogP) is 3.39. The van der Waals surface area contributed by atoms with Crippen LogP contribution in [0.4, 0.5) is 5.82 Å². The number of carbonyl (C=O) groups is 1. The Morgan fingerprint density at radius 1 is 1.04 bits per heavy atom. The third-order valence-electron chi connectivity index (χ3n) is 6.36. The van der Waals surface area contributed by atoms with Crippen LogP contribution in [0.5, 0.6) is 0 Å². The van der Waals surface area contributed by atoms with E-state index in [9.17, 15) is 4.79 Å². The molecule has 0 radical (unpaired) electrons. The van der Waals surface area contributed by atoms with Crippen molar-refractivity contribution in [3.05, 3.63) is 59.8 Å². The Kier molecular flexibility index (Phi) is 5.62. The fourth-order valence-electron chi connectivity index (χ4n) is 4.47. The predicted molar refractivity (Wildman–Crippen MR) is 113 cm³/mol. The number of rotatable bonds is 5. The van der Waals surface area contributed by atoms with Crippen molar-refractivity contribution < 1.29 is 4.79 Å². The van der Waals surface area contributed by atoms with Crippen LogP contribution in [0.2, 0.25) is 0 Å². The van der Waals surface area contributed by atoms with E-state index in [0.717, 1.165) is 58.4 Å². The number of amides is 1. The lowest BCUT2D eigenvalue weighted by molar-refractivity contribution is 0.0793. The summed E-state index contributed by atoms with van der Waals surface area (Å²) in [5, 5.41) is 3.56. The normalized spacial score (nSPS) is 19.5. The zero-order valence-corrected chi connectivity index (χ0v) is 16.7. The van der Waals surface area contributed by atoms with Crippen molar-refractivity contribution in [2.45, 2.75) is 31.1 Å². The van der Waals surface area contributed by atoms with Crippen LogP contribution in [-0.2, 0) is 5.41 Å². The Morgan fingerprint density at radius 2 is 1.75 bits per heavy atom. The smallest absolute Gasteiger partial charge is 0.257 e. The minimum Gasteiger partial charge on any atom is -0.369 e. The molecular weight excluding hydrogens is 348 g/mol. The highest BCUT2D eigenvalue weighted by Crippen LogP contribution is 2.35. The molecule has 28 heavy (non-hydrogen) atoms. The van der Waals surface area contributed by atoms with E-state index in [2.05, 4.69) is 52.6 Å². The minimum absolute atomic E-state index is 0.0687. The van der Waals surface area contributed by atoms with Gasteiger partial charge in [0.05, 0.1) is 5.56 Å². The zero-order valence-electron chi connectivity index (χ0n) is 16.7. The van der Waals surface area contributed by atoms with Gasteiger partial charge in [0.2, 0.25) is 0 Å². The Hall–Kier alpha value is -2.40. The summed E-state index contributed by atoms with van der Waals surface area (Å²) >= 11 is 0. The molecule has 0 bridgehead atoms. The van der Waals surface area contributed by atoms with E-state index in [1.165, 1.54) is 5.56 Å². The monoisotopic (exact) mass is 378 g/mol. The number of anilines is 1. The first-order chi connectivity index (χ1) is 13.7. The second-order valence-corrected chi connectivity index (χ2v) is 8.20. The van der Waals surface area contributed by atoms with Crippen molar-refractivity contribution in [2.75, 3.05) is 45.1 Å². The quantitative estimate of drug-likeness (QED) is 0.866. The number of likely N-dealkylation sites (tertiary alicyclic amines) is 2.